The minimum absolute atomic E-state index is 0.138. The van der Waals surface area contributed by atoms with Crippen LogP contribution in [0.5, 0.6) is 0 Å². The van der Waals surface area contributed by atoms with Crippen LogP contribution in [-0.2, 0) is 11.8 Å². The van der Waals surface area contributed by atoms with E-state index in [1.807, 2.05) is 0 Å². The van der Waals surface area contributed by atoms with Crippen molar-refractivity contribution in [1.29, 1.82) is 5.26 Å². The van der Waals surface area contributed by atoms with Crippen molar-refractivity contribution in [2.45, 2.75) is 49.2 Å². The second-order valence-corrected chi connectivity index (χ2v) is 5.97. The maximum Gasteiger partial charge on any atom is 0.231 e. The minimum Gasteiger partial charge on any atom is -0.337 e. The largest absolute Gasteiger partial charge is 0.337 e. The highest BCUT2D eigenvalue weighted by Gasteiger charge is 2.32. The van der Waals surface area contributed by atoms with E-state index in [2.05, 4.69) is 26.9 Å². The second-order valence-electron chi connectivity index (χ2n) is 5.03. The number of rotatable bonds is 4. The van der Waals surface area contributed by atoms with E-state index in [0.29, 0.717) is 5.16 Å². The van der Waals surface area contributed by atoms with Crippen molar-refractivity contribution in [3.05, 3.63) is 0 Å². The Morgan fingerprint density at radius 2 is 2.15 bits per heavy atom. The summed E-state index contributed by atoms with van der Waals surface area (Å²) in [7, 11) is 1.72. The highest BCUT2D eigenvalue weighted by molar-refractivity contribution is 7.99. The van der Waals surface area contributed by atoms with Gasteiger partial charge in [0.05, 0.1) is 11.8 Å². The van der Waals surface area contributed by atoms with Gasteiger partial charge in [-0.25, -0.2) is 4.68 Å². The van der Waals surface area contributed by atoms with Crippen molar-refractivity contribution >= 4 is 17.7 Å². The standard InChI is InChI=1S/C12H18N6OS/c1-18-11(15-16-17-18)20-8-10(19)14-12(9-13)6-4-2-3-5-7-12/h2-8H2,1H3,(H,14,19). The fraction of sp³-hybridized carbons (Fsp3) is 0.750. The molecule has 2 rings (SSSR count). The molecule has 0 radical (unpaired) electrons. The van der Waals surface area contributed by atoms with Gasteiger partial charge in [0.15, 0.2) is 0 Å². The number of carbonyl (C=O) groups excluding carboxylic acids is 1. The van der Waals surface area contributed by atoms with Gasteiger partial charge in [-0.05, 0) is 23.3 Å². The van der Waals surface area contributed by atoms with Crippen LogP contribution in [0.2, 0.25) is 0 Å². The van der Waals surface area contributed by atoms with Gasteiger partial charge in [0, 0.05) is 7.05 Å². The lowest BCUT2D eigenvalue weighted by molar-refractivity contribution is -0.120. The first-order chi connectivity index (χ1) is 9.65. The number of nitrogens with zero attached hydrogens (tertiary/aromatic N) is 5. The second kappa shape index (κ2) is 6.70. The summed E-state index contributed by atoms with van der Waals surface area (Å²) in [5, 5.41) is 23.9. The summed E-state index contributed by atoms with van der Waals surface area (Å²) in [6.45, 7) is 0. The van der Waals surface area contributed by atoms with Crippen molar-refractivity contribution < 1.29 is 4.79 Å². The number of aromatic nitrogens is 4. The normalized spacial score (nSPS) is 18.0. The van der Waals surface area contributed by atoms with Crippen LogP contribution in [0.1, 0.15) is 38.5 Å². The fourth-order valence-corrected chi connectivity index (χ4v) is 3.02. The molecule has 8 heteroatoms. The summed E-state index contributed by atoms with van der Waals surface area (Å²) in [5.41, 5.74) is -0.688. The first-order valence-electron chi connectivity index (χ1n) is 6.73. The number of carbonyl (C=O) groups is 1. The molecule has 108 valence electrons. The number of thioether (sulfide) groups is 1. The third kappa shape index (κ3) is 3.70. The Labute approximate surface area is 122 Å². The monoisotopic (exact) mass is 294 g/mol. The SMILES string of the molecule is Cn1nnnc1SCC(=O)NC1(C#N)CCCCCC1. The minimum atomic E-state index is -0.688. The van der Waals surface area contributed by atoms with Gasteiger partial charge in [0.2, 0.25) is 11.1 Å². The number of tetrazole rings is 1. The third-order valence-electron chi connectivity index (χ3n) is 3.46. The number of nitrogens with one attached hydrogen (secondary N) is 1. The Morgan fingerprint density at radius 1 is 1.45 bits per heavy atom. The molecule has 1 amide bonds. The summed E-state index contributed by atoms with van der Waals surface area (Å²) < 4.78 is 1.52. The lowest BCUT2D eigenvalue weighted by Crippen LogP contribution is -2.47. The van der Waals surface area contributed by atoms with Crippen LogP contribution >= 0.6 is 11.8 Å². The molecule has 20 heavy (non-hydrogen) atoms. The topological polar surface area (TPSA) is 96.5 Å². The Kier molecular flexibility index (Phi) is 4.95. The van der Waals surface area contributed by atoms with E-state index in [4.69, 9.17) is 0 Å². The molecular formula is C12H18N6OS. The summed E-state index contributed by atoms with van der Waals surface area (Å²) in [6.07, 6.45) is 5.75. The quantitative estimate of drug-likeness (QED) is 0.658. The van der Waals surface area contributed by atoms with Gasteiger partial charge in [0.25, 0.3) is 0 Å². The van der Waals surface area contributed by atoms with Crippen LogP contribution in [0, 0.1) is 11.3 Å². The van der Waals surface area contributed by atoms with Crippen molar-refractivity contribution in [3.63, 3.8) is 0 Å². The van der Waals surface area contributed by atoms with E-state index in [-0.39, 0.29) is 11.7 Å². The zero-order chi connectivity index (χ0) is 14.4. The van der Waals surface area contributed by atoms with Crippen LogP contribution in [0.15, 0.2) is 5.16 Å². The van der Waals surface area contributed by atoms with E-state index in [0.717, 1.165) is 38.5 Å². The summed E-state index contributed by atoms with van der Waals surface area (Å²) in [4.78, 5) is 12.0. The molecule has 0 aliphatic heterocycles. The van der Waals surface area contributed by atoms with Gasteiger partial charge in [0.1, 0.15) is 5.54 Å². The molecule has 1 aromatic rings. The number of aryl methyl sites for hydroxylation is 1. The molecule has 1 N–H and O–H groups in total. The number of amides is 1. The van der Waals surface area contributed by atoms with Gasteiger partial charge in [-0.1, -0.05) is 37.4 Å². The van der Waals surface area contributed by atoms with Crippen molar-refractivity contribution in [1.82, 2.24) is 25.5 Å². The van der Waals surface area contributed by atoms with Crippen LogP contribution < -0.4 is 5.32 Å². The molecule has 1 fully saturated rings. The molecule has 0 aromatic carbocycles. The van der Waals surface area contributed by atoms with E-state index in [9.17, 15) is 10.1 Å². The molecule has 1 heterocycles. The summed E-state index contributed by atoms with van der Waals surface area (Å²) in [5.74, 6) is 0.0823. The summed E-state index contributed by atoms with van der Waals surface area (Å²) in [6, 6.07) is 2.31. The van der Waals surface area contributed by atoms with Crippen molar-refractivity contribution in [2.75, 3.05) is 5.75 Å². The van der Waals surface area contributed by atoms with Crippen LogP contribution in [0.3, 0.4) is 0 Å². The predicted octanol–water partition coefficient (Wildman–Crippen LogP) is 1.03. The molecule has 0 atom stereocenters. The molecule has 7 nitrogen and oxygen atoms in total. The molecule has 0 saturated heterocycles. The number of hydrogen-bond acceptors (Lipinski definition) is 6. The highest BCUT2D eigenvalue weighted by atomic mass is 32.2. The van der Waals surface area contributed by atoms with Gasteiger partial charge in [-0.2, -0.15) is 5.26 Å². The maximum absolute atomic E-state index is 12.0. The van der Waals surface area contributed by atoms with E-state index in [1.165, 1.54) is 16.4 Å². The first kappa shape index (κ1) is 14.8. The lowest BCUT2D eigenvalue weighted by Gasteiger charge is -2.26. The Balaban J connectivity index is 1.89. The van der Waals surface area contributed by atoms with Gasteiger partial charge < -0.3 is 5.32 Å². The van der Waals surface area contributed by atoms with Crippen LogP contribution in [-0.4, -0.2) is 37.4 Å². The molecule has 1 aliphatic carbocycles. The third-order valence-corrected chi connectivity index (χ3v) is 4.47. The zero-order valence-electron chi connectivity index (χ0n) is 11.5. The lowest BCUT2D eigenvalue weighted by atomic mass is 9.92. The van der Waals surface area contributed by atoms with E-state index in [1.54, 1.807) is 7.05 Å². The van der Waals surface area contributed by atoms with E-state index >= 15 is 0 Å². The predicted molar refractivity (Wildman–Crippen MR) is 73.7 cm³/mol. The smallest absolute Gasteiger partial charge is 0.231 e. The zero-order valence-corrected chi connectivity index (χ0v) is 12.3. The maximum atomic E-state index is 12.0. The number of nitriles is 1. The fourth-order valence-electron chi connectivity index (χ4n) is 2.37. The molecule has 1 aliphatic rings. The molecule has 0 bridgehead atoms. The van der Waals surface area contributed by atoms with Gasteiger partial charge in [-0.3, -0.25) is 4.79 Å². The Hall–Kier alpha value is -1.62. The Bertz CT molecular complexity index is 500. The van der Waals surface area contributed by atoms with Crippen LogP contribution in [0.25, 0.3) is 0 Å². The van der Waals surface area contributed by atoms with Crippen LogP contribution in [0.4, 0.5) is 0 Å². The first-order valence-corrected chi connectivity index (χ1v) is 7.71. The molecule has 0 spiro atoms. The van der Waals surface area contributed by atoms with Gasteiger partial charge >= 0.3 is 0 Å². The molecule has 0 unspecified atom stereocenters. The summed E-state index contributed by atoms with van der Waals surface area (Å²) >= 11 is 1.27. The van der Waals surface area contributed by atoms with Crippen molar-refractivity contribution in [3.8, 4) is 6.07 Å². The van der Waals surface area contributed by atoms with E-state index < -0.39 is 5.54 Å². The van der Waals surface area contributed by atoms with Gasteiger partial charge in [-0.15, -0.1) is 5.10 Å². The Morgan fingerprint density at radius 3 is 2.70 bits per heavy atom. The highest BCUT2D eigenvalue weighted by Crippen LogP contribution is 2.26. The average Bonchev–Trinajstić information content (AvgIpc) is 2.71. The molecular weight excluding hydrogens is 276 g/mol. The molecule has 1 aromatic heterocycles. The van der Waals surface area contributed by atoms with Crippen molar-refractivity contribution in [2.24, 2.45) is 7.05 Å². The average molecular weight is 294 g/mol. The number of hydrogen-bond donors (Lipinski definition) is 1. The molecule has 1 saturated carbocycles.